The highest BCUT2D eigenvalue weighted by Gasteiger charge is 2.64. The van der Waals surface area contributed by atoms with Gasteiger partial charge in [-0.05, 0) is 24.9 Å². The van der Waals surface area contributed by atoms with Gasteiger partial charge in [0.15, 0.2) is 0 Å². The summed E-state index contributed by atoms with van der Waals surface area (Å²) < 4.78 is 301. The molecule has 0 N–H and O–H groups in total. The van der Waals surface area contributed by atoms with Crippen molar-refractivity contribution in [3.05, 3.63) is 0 Å². The van der Waals surface area contributed by atoms with E-state index in [2.05, 4.69) is 0 Å². The normalized spacial score (nSPS) is 15.7. The molecule has 0 rings (SSSR count). The maximum atomic E-state index is 14.2. The fourth-order valence-electron chi connectivity index (χ4n) is 4.64. The van der Waals surface area contributed by atoms with Crippen LogP contribution in [0.4, 0.5) is 96.6 Å². The highest BCUT2D eigenvalue weighted by atomic mass is 28.4. The van der Waals surface area contributed by atoms with E-state index in [1.165, 1.54) is 0 Å². The van der Waals surface area contributed by atoms with Crippen LogP contribution in [0.25, 0.3) is 0 Å². The first-order valence-corrected chi connectivity index (χ1v) is 15.8. The van der Waals surface area contributed by atoms with E-state index >= 15 is 0 Å². The topological polar surface area (TPSA) is 18.5 Å². The van der Waals surface area contributed by atoms with Gasteiger partial charge < -0.3 is 8.85 Å². The Morgan fingerprint density at radius 1 is 0.347 bits per heavy atom. The SMILES string of the molecule is CO[Si](CCCC(F)(F)CC(F)(F)CC(F)(F)CC(F)(F)C(F)(F)F)(CCCC(F)(F)CC(F)(F)CC(F)(F)CC(F)(F)C(F)(F)F)OC. The lowest BCUT2D eigenvalue weighted by molar-refractivity contribution is -0.304. The van der Waals surface area contributed by atoms with E-state index in [0.717, 1.165) is 14.2 Å². The molecule has 296 valence electrons. The highest BCUT2D eigenvalue weighted by Crippen LogP contribution is 2.49. The van der Waals surface area contributed by atoms with E-state index in [1.54, 1.807) is 0 Å². The Morgan fingerprint density at radius 3 is 0.796 bits per heavy atom. The molecule has 0 aromatic heterocycles. The van der Waals surface area contributed by atoms with Gasteiger partial charge in [0.05, 0.1) is 38.5 Å². The van der Waals surface area contributed by atoms with Crippen LogP contribution in [-0.4, -0.2) is 82.5 Å². The van der Waals surface area contributed by atoms with Crippen molar-refractivity contribution in [2.24, 2.45) is 0 Å². The Balaban J connectivity index is 5.28. The largest absolute Gasteiger partial charge is 0.453 e. The molecule has 0 fully saturated rings. The standard InChI is InChI=1S/C24H30F22O2Si/c1-47-49(48-2,7-3-5-15(25,26)9-17(29,30)11-19(33,34)13-21(37,38)23(41,42)43)8-4-6-16(27,28)10-18(31,32)12-20(35,36)14-22(39,40)24(44,45)46/h3-14H2,1-2H3. The average molecular weight is 797 g/mol. The van der Waals surface area contributed by atoms with Crippen LogP contribution in [0.5, 0.6) is 0 Å². The molecular weight excluding hydrogens is 766 g/mol. The third kappa shape index (κ3) is 16.7. The maximum Gasteiger partial charge on any atom is 0.453 e. The molecule has 25 heteroatoms. The van der Waals surface area contributed by atoms with E-state index in [4.69, 9.17) is 8.85 Å². The van der Waals surface area contributed by atoms with Crippen LogP contribution in [-0.2, 0) is 8.85 Å². The summed E-state index contributed by atoms with van der Waals surface area (Å²) in [6.45, 7) is 0. The Labute approximate surface area is 265 Å². The third-order valence-electron chi connectivity index (χ3n) is 6.80. The van der Waals surface area contributed by atoms with Gasteiger partial charge in [-0.2, -0.15) is 43.9 Å². The lowest BCUT2D eigenvalue weighted by Gasteiger charge is -2.31. The molecule has 0 amide bonds. The molecule has 0 spiro atoms. The summed E-state index contributed by atoms with van der Waals surface area (Å²) in [7, 11) is -2.18. The number of hydrogen-bond donors (Lipinski definition) is 0. The van der Waals surface area contributed by atoms with Crippen LogP contribution >= 0.6 is 0 Å². The first kappa shape index (κ1) is 47.6. The van der Waals surface area contributed by atoms with Crippen molar-refractivity contribution in [1.29, 1.82) is 0 Å². The van der Waals surface area contributed by atoms with Crippen LogP contribution in [0.2, 0.25) is 12.1 Å². The van der Waals surface area contributed by atoms with Crippen molar-refractivity contribution in [3.8, 4) is 0 Å². The van der Waals surface area contributed by atoms with Crippen molar-refractivity contribution in [3.63, 3.8) is 0 Å². The van der Waals surface area contributed by atoms with Gasteiger partial charge in [0.2, 0.25) is 0 Å². The van der Waals surface area contributed by atoms with Gasteiger partial charge in [-0.3, -0.25) is 0 Å². The fourth-order valence-corrected chi connectivity index (χ4v) is 7.30. The molecule has 2 nitrogen and oxygen atoms in total. The summed E-state index contributed by atoms with van der Waals surface area (Å²) in [5.41, 5.74) is 0. The summed E-state index contributed by atoms with van der Waals surface area (Å²) in [4.78, 5) is 0. The van der Waals surface area contributed by atoms with Gasteiger partial charge in [0, 0.05) is 27.1 Å². The van der Waals surface area contributed by atoms with Crippen LogP contribution in [0.3, 0.4) is 0 Å². The Bertz CT molecular complexity index is 943. The molecule has 0 aliphatic carbocycles. The summed E-state index contributed by atoms with van der Waals surface area (Å²) >= 11 is 0. The highest BCUT2D eigenvalue weighted by molar-refractivity contribution is 6.67. The second-order valence-corrected chi connectivity index (χ2v) is 15.3. The first-order valence-electron chi connectivity index (χ1n) is 13.5. The van der Waals surface area contributed by atoms with E-state index in [1.807, 2.05) is 0 Å². The van der Waals surface area contributed by atoms with Gasteiger partial charge >= 0.3 is 32.8 Å². The smallest absolute Gasteiger partial charge is 0.398 e. The van der Waals surface area contributed by atoms with Gasteiger partial charge in [-0.1, -0.05) is 0 Å². The molecule has 0 heterocycles. The molecule has 0 aromatic rings. The maximum absolute atomic E-state index is 14.2. The summed E-state index contributed by atoms with van der Waals surface area (Å²) in [5.74, 6) is -42.7. The lowest BCUT2D eigenvalue weighted by Crippen LogP contribution is -2.44. The van der Waals surface area contributed by atoms with E-state index in [0.29, 0.717) is 0 Å². The Hall–Kier alpha value is -1.40. The van der Waals surface area contributed by atoms with Crippen molar-refractivity contribution in [2.75, 3.05) is 14.2 Å². The molecule has 0 radical (unpaired) electrons. The number of hydrogen-bond acceptors (Lipinski definition) is 2. The molecule has 0 saturated heterocycles. The van der Waals surface area contributed by atoms with Crippen LogP contribution in [0.15, 0.2) is 0 Å². The Kier molecular flexibility index (Phi) is 15.2. The predicted octanol–water partition coefficient (Wildman–Crippen LogP) is 11.8. The number of halogens is 22. The molecule has 49 heavy (non-hydrogen) atoms. The van der Waals surface area contributed by atoms with Crippen LogP contribution in [0.1, 0.15) is 64.2 Å². The molecule has 0 aromatic carbocycles. The van der Waals surface area contributed by atoms with E-state index < -0.39 is 145 Å². The minimum absolute atomic E-state index is 0.656. The predicted molar refractivity (Wildman–Crippen MR) is 127 cm³/mol. The first-order chi connectivity index (χ1) is 21.3. The van der Waals surface area contributed by atoms with Crippen molar-refractivity contribution in [1.82, 2.24) is 0 Å². The molecule has 0 atom stereocenters. The zero-order valence-corrected chi connectivity index (χ0v) is 26.1. The van der Waals surface area contributed by atoms with Gasteiger partial charge in [0.25, 0.3) is 35.5 Å². The average Bonchev–Trinajstić information content (AvgIpc) is 2.76. The molecule has 0 unspecified atom stereocenters. The summed E-state index contributed by atoms with van der Waals surface area (Å²) in [5, 5.41) is 0. The van der Waals surface area contributed by atoms with Crippen molar-refractivity contribution < 1.29 is 105 Å². The lowest BCUT2D eigenvalue weighted by atomic mass is 9.97. The fraction of sp³-hybridized carbons (Fsp3) is 1.00. The Morgan fingerprint density at radius 2 is 0.571 bits per heavy atom. The van der Waals surface area contributed by atoms with Gasteiger partial charge in [-0.15, -0.1) is 0 Å². The third-order valence-corrected chi connectivity index (χ3v) is 10.5. The zero-order chi connectivity index (χ0) is 39.4. The van der Waals surface area contributed by atoms with Gasteiger partial charge in [0.1, 0.15) is 0 Å². The minimum atomic E-state index is -6.56. The second-order valence-electron chi connectivity index (χ2n) is 11.6. The van der Waals surface area contributed by atoms with Crippen molar-refractivity contribution >= 4 is 8.56 Å². The molecule has 0 aliphatic rings. The van der Waals surface area contributed by atoms with Crippen molar-refractivity contribution in [2.45, 2.75) is 136 Å². The number of alkyl halides is 22. The summed E-state index contributed by atoms with van der Waals surface area (Å²) in [6, 6.07) is -1.31. The molecule has 0 bridgehead atoms. The van der Waals surface area contributed by atoms with E-state index in [9.17, 15) is 96.6 Å². The molecule has 0 saturated carbocycles. The number of rotatable bonds is 22. The zero-order valence-electron chi connectivity index (χ0n) is 25.1. The quantitative estimate of drug-likeness (QED) is 0.0803. The molecule has 0 aliphatic heterocycles. The van der Waals surface area contributed by atoms with Crippen LogP contribution in [0, 0.1) is 0 Å². The van der Waals surface area contributed by atoms with Crippen LogP contribution < -0.4 is 0 Å². The monoisotopic (exact) mass is 796 g/mol. The van der Waals surface area contributed by atoms with Gasteiger partial charge in [-0.25, -0.2) is 52.7 Å². The summed E-state index contributed by atoms with van der Waals surface area (Å²) in [6.07, 6.45) is -36.7. The molecular formula is C24H30F22O2Si. The second kappa shape index (κ2) is 15.7. The minimum Gasteiger partial charge on any atom is -0.398 e. The van der Waals surface area contributed by atoms with E-state index in [-0.39, 0.29) is 0 Å².